The molecule has 1 aromatic heterocycles. The molecule has 0 fully saturated rings. The number of carbonyl (C=O) groups is 1. The fourth-order valence-corrected chi connectivity index (χ4v) is 2.13. The number of benzene rings is 1. The molecule has 1 amide bonds. The highest BCUT2D eigenvalue weighted by Gasteiger charge is 2.08. The molecule has 3 heteroatoms. The van der Waals surface area contributed by atoms with Crippen LogP contribution in [0.2, 0.25) is 0 Å². The predicted octanol–water partition coefficient (Wildman–Crippen LogP) is 3.00. The van der Waals surface area contributed by atoms with Crippen LogP contribution in [0.25, 0.3) is 10.9 Å². The van der Waals surface area contributed by atoms with Gasteiger partial charge >= 0.3 is 0 Å². The van der Waals surface area contributed by atoms with Crippen LogP contribution < -0.4 is 5.73 Å². The average molecular weight is 230 g/mol. The van der Waals surface area contributed by atoms with Gasteiger partial charge in [0.2, 0.25) is 0 Å². The van der Waals surface area contributed by atoms with Crippen molar-refractivity contribution in [2.75, 3.05) is 0 Å². The van der Waals surface area contributed by atoms with Crippen molar-refractivity contribution in [1.29, 1.82) is 0 Å². The predicted molar refractivity (Wildman–Crippen MR) is 70.0 cm³/mol. The number of primary amides is 1. The lowest BCUT2D eigenvalue weighted by Gasteiger charge is -2.02. The van der Waals surface area contributed by atoms with Crippen molar-refractivity contribution < 1.29 is 4.79 Å². The molecule has 0 saturated carbocycles. The van der Waals surface area contributed by atoms with Crippen LogP contribution in [0.5, 0.6) is 0 Å². The molecular formula is C14H18N2O. The molecule has 0 bridgehead atoms. The molecule has 0 spiro atoms. The first-order chi connectivity index (χ1) is 8.22. The third-order valence-electron chi connectivity index (χ3n) is 3.07. The van der Waals surface area contributed by atoms with Gasteiger partial charge in [-0.15, -0.1) is 0 Å². The second kappa shape index (κ2) is 5.04. The van der Waals surface area contributed by atoms with Gasteiger partial charge in [-0.25, -0.2) is 0 Å². The van der Waals surface area contributed by atoms with Crippen molar-refractivity contribution in [2.24, 2.45) is 5.73 Å². The average Bonchev–Trinajstić information content (AvgIpc) is 2.74. The summed E-state index contributed by atoms with van der Waals surface area (Å²) >= 11 is 0. The molecule has 0 saturated heterocycles. The molecule has 17 heavy (non-hydrogen) atoms. The smallest absolute Gasteiger partial charge is 0.265 e. The Morgan fingerprint density at radius 1 is 1.35 bits per heavy atom. The zero-order valence-electron chi connectivity index (χ0n) is 10.1. The number of carbonyl (C=O) groups excluding carboxylic acids is 1. The van der Waals surface area contributed by atoms with Gasteiger partial charge in [0.1, 0.15) is 5.69 Å². The zero-order valence-corrected chi connectivity index (χ0v) is 10.1. The van der Waals surface area contributed by atoms with E-state index in [2.05, 4.69) is 18.0 Å². The number of amides is 1. The molecule has 0 atom stereocenters. The minimum atomic E-state index is -0.402. The van der Waals surface area contributed by atoms with Crippen molar-refractivity contribution in [1.82, 2.24) is 4.98 Å². The van der Waals surface area contributed by atoms with E-state index in [1.807, 2.05) is 18.2 Å². The molecule has 0 radical (unpaired) electrons. The van der Waals surface area contributed by atoms with Crippen LogP contribution in [0.4, 0.5) is 0 Å². The van der Waals surface area contributed by atoms with E-state index in [0.717, 1.165) is 17.3 Å². The number of H-pyrrole nitrogens is 1. The maximum absolute atomic E-state index is 11.1. The largest absolute Gasteiger partial charge is 0.364 e. The van der Waals surface area contributed by atoms with Crippen molar-refractivity contribution in [3.8, 4) is 0 Å². The number of aromatic nitrogens is 1. The van der Waals surface area contributed by atoms with Gasteiger partial charge in [0.15, 0.2) is 0 Å². The summed E-state index contributed by atoms with van der Waals surface area (Å²) in [7, 11) is 0. The molecule has 0 aliphatic rings. The van der Waals surface area contributed by atoms with E-state index < -0.39 is 5.91 Å². The van der Waals surface area contributed by atoms with E-state index >= 15 is 0 Å². The lowest BCUT2D eigenvalue weighted by molar-refractivity contribution is 0.0996. The number of hydrogen-bond acceptors (Lipinski definition) is 1. The van der Waals surface area contributed by atoms with Crippen LogP contribution in [-0.4, -0.2) is 10.9 Å². The summed E-state index contributed by atoms with van der Waals surface area (Å²) in [6, 6.07) is 7.98. The SMILES string of the molecule is CCCCCc1cccc2[nH]c(C(N)=O)cc12. The fourth-order valence-electron chi connectivity index (χ4n) is 2.13. The molecule has 0 unspecified atom stereocenters. The number of hydrogen-bond donors (Lipinski definition) is 2. The Balaban J connectivity index is 2.32. The Bertz CT molecular complexity index is 528. The third kappa shape index (κ3) is 2.49. The van der Waals surface area contributed by atoms with E-state index in [1.165, 1.54) is 24.8 Å². The summed E-state index contributed by atoms with van der Waals surface area (Å²) in [5.41, 5.74) is 8.05. The second-order valence-electron chi connectivity index (χ2n) is 4.38. The Morgan fingerprint density at radius 2 is 2.18 bits per heavy atom. The highest BCUT2D eigenvalue weighted by Crippen LogP contribution is 2.21. The molecule has 3 N–H and O–H groups in total. The summed E-state index contributed by atoms with van der Waals surface area (Å²) in [4.78, 5) is 14.2. The minimum Gasteiger partial charge on any atom is -0.364 e. The lowest BCUT2D eigenvalue weighted by atomic mass is 10.0. The highest BCUT2D eigenvalue weighted by molar-refractivity contribution is 5.97. The second-order valence-corrected chi connectivity index (χ2v) is 4.38. The van der Waals surface area contributed by atoms with E-state index in [-0.39, 0.29) is 0 Å². The lowest BCUT2D eigenvalue weighted by Crippen LogP contribution is -2.10. The van der Waals surface area contributed by atoms with E-state index in [4.69, 9.17) is 5.73 Å². The first kappa shape index (κ1) is 11.7. The van der Waals surface area contributed by atoms with Crippen LogP contribution in [0, 0.1) is 0 Å². The van der Waals surface area contributed by atoms with Crippen LogP contribution in [0.3, 0.4) is 0 Å². The van der Waals surface area contributed by atoms with Crippen molar-refractivity contribution >= 4 is 16.8 Å². The number of rotatable bonds is 5. The molecular weight excluding hydrogens is 212 g/mol. The summed E-state index contributed by atoms with van der Waals surface area (Å²) in [5, 5.41) is 1.12. The molecule has 0 aliphatic carbocycles. The number of unbranched alkanes of at least 4 members (excludes halogenated alkanes) is 2. The van der Waals surface area contributed by atoms with Gasteiger partial charge in [-0.2, -0.15) is 0 Å². The molecule has 3 nitrogen and oxygen atoms in total. The molecule has 90 valence electrons. The highest BCUT2D eigenvalue weighted by atomic mass is 16.1. The van der Waals surface area contributed by atoms with E-state index in [9.17, 15) is 4.79 Å². The van der Waals surface area contributed by atoms with Gasteiger partial charge in [0.05, 0.1) is 0 Å². The topological polar surface area (TPSA) is 58.9 Å². The summed E-state index contributed by atoms with van der Waals surface area (Å²) < 4.78 is 0. The molecule has 1 aromatic carbocycles. The van der Waals surface area contributed by atoms with Gasteiger partial charge in [0.25, 0.3) is 5.91 Å². The van der Waals surface area contributed by atoms with Gasteiger partial charge in [-0.1, -0.05) is 31.9 Å². The molecule has 1 heterocycles. The van der Waals surface area contributed by atoms with Crippen LogP contribution in [-0.2, 0) is 6.42 Å². The number of aromatic amines is 1. The van der Waals surface area contributed by atoms with Crippen molar-refractivity contribution in [2.45, 2.75) is 32.6 Å². The van der Waals surface area contributed by atoms with Crippen LogP contribution in [0.1, 0.15) is 42.2 Å². The van der Waals surface area contributed by atoms with Crippen LogP contribution >= 0.6 is 0 Å². The Labute approximate surface area is 101 Å². The summed E-state index contributed by atoms with van der Waals surface area (Å²) in [6.45, 7) is 2.20. The maximum atomic E-state index is 11.1. The fraction of sp³-hybridized carbons (Fsp3) is 0.357. The van der Waals surface area contributed by atoms with E-state index in [1.54, 1.807) is 0 Å². The minimum absolute atomic E-state index is 0.402. The first-order valence-corrected chi connectivity index (χ1v) is 6.12. The Kier molecular flexibility index (Phi) is 3.47. The third-order valence-corrected chi connectivity index (χ3v) is 3.07. The molecule has 0 aliphatic heterocycles. The number of nitrogens with one attached hydrogen (secondary N) is 1. The number of nitrogens with two attached hydrogens (primary N) is 1. The standard InChI is InChI=1S/C14H18N2O/c1-2-3-4-6-10-7-5-8-12-11(10)9-13(16-12)14(15)17/h5,7-9,16H,2-4,6H2,1H3,(H2,15,17). The first-order valence-electron chi connectivity index (χ1n) is 6.12. The number of fused-ring (bicyclic) bond motifs is 1. The van der Waals surface area contributed by atoms with Gasteiger partial charge in [0, 0.05) is 10.9 Å². The Morgan fingerprint density at radius 3 is 2.88 bits per heavy atom. The quantitative estimate of drug-likeness (QED) is 0.762. The molecule has 2 rings (SSSR count). The summed E-state index contributed by atoms with van der Waals surface area (Å²) in [5.74, 6) is -0.402. The normalized spacial score (nSPS) is 10.9. The zero-order chi connectivity index (χ0) is 12.3. The van der Waals surface area contributed by atoms with E-state index in [0.29, 0.717) is 5.69 Å². The van der Waals surface area contributed by atoms with Crippen LogP contribution in [0.15, 0.2) is 24.3 Å². The van der Waals surface area contributed by atoms with Gasteiger partial charge in [-0.05, 0) is 30.5 Å². The maximum Gasteiger partial charge on any atom is 0.265 e. The molecule has 2 aromatic rings. The van der Waals surface area contributed by atoms with Gasteiger partial charge < -0.3 is 10.7 Å². The number of aryl methyl sites for hydroxylation is 1. The van der Waals surface area contributed by atoms with Crippen molar-refractivity contribution in [3.63, 3.8) is 0 Å². The monoisotopic (exact) mass is 230 g/mol. The Hall–Kier alpha value is -1.77. The van der Waals surface area contributed by atoms with Crippen molar-refractivity contribution in [3.05, 3.63) is 35.5 Å². The summed E-state index contributed by atoms with van der Waals surface area (Å²) in [6.07, 6.45) is 4.70. The van der Waals surface area contributed by atoms with Gasteiger partial charge in [-0.3, -0.25) is 4.79 Å².